The summed E-state index contributed by atoms with van der Waals surface area (Å²) in [6.07, 6.45) is 1.20. The normalized spacial score (nSPS) is 11.4. The third-order valence-corrected chi connectivity index (χ3v) is 4.57. The van der Waals surface area contributed by atoms with Gasteiger partial charge in [0.1, 0.15) is 0 Å². The van der Waals surface area contributed by atoms with Gasteiger partial charge in [0, 0.05) is 5.92 Å². The predicted octanol–water partition coefficient (Wildman–Crippen LogP) is 6.10. The lowest BCUT2D eigenvalue weighted by molar-refractivity contribution is 0.541. The first-order valence-electron chi connectivity index (χ1n) is 8.02. The first-order valence-corrected chi connectivity index (χ1v) is 8.02. The molecule has 2 rings (SSSR count). The highest BCUT2D eigenvalue weighted by Gasteiger charge is 2.17. The molecule has 0 aliphatic carbocycles. The smallest absolute Gasteiger partial charge is 0.00919 e. The Bertz CT molecular complexity index is 568. The summed E-state index contributed by atoms with van der Waals surface area (Å²) in [5.41, 5.74) is 8.45. The maximum absolute atomic E-state index is 2.37. The van der Waals surface area contributed by atoms with Crippen LogP contribution in [-0.4, -0.2) is 0 Å². The Labute approximate surface area is 130 Å². The lowest BCUT2D eigenvalue weighted by Gasteiger charge is -2.22. The van der Waals surface area contributed by atoms with Gasteiger partial charge in [-0.1, -0.05) is 50.2 Å². The lowest BCUT2D eigenvalue weighted by Crippen LogP contribution is -2.06. The van der Waals surface area contributed by atoms with Gasteiger partial charge in [0.2, 0.25) is 0 Å². The van der Waals surface area contributed by atoms with Crippen LogP contribution in [0.5, 0.6) is 0 Å². The van der Waals surface area contributed by atoms with Gasteiger partial charge in [-0.2, -0.15) is 0 Å². The van der Waals surface area contributed by atoms with Crippen LogP contribution in [0, 0.1) is 33.6 Å². The molecule has 0 radical (unpaired) electrons. The summed E-state index contributed by atoms with van der Waals surface area (Å²) in [5.74, 6) is 1.20. The molecule has 112 valence electrons. The molecule has 0 atom stereocenters. The number of rotatable bonds is 4. The largest absolute Gasteiger partial charge is 0.0627 e. The number of benzene rings is 2. The van der Waals surface area contributed by atoms with Crippen molar-refractivity contribution < 1.29 is 0 Å². The molecule has 0 N–H and O–H groups in total. The van der Waals surface area contributed by atoms with E-state index in [9.17, 15) is 0 Å². The number of hydrogen-bond donors (Lipinski definition) is 0. The average Bonchev–Trinajstić information content (AvgIpc) is 2.42. The van der Waals surface area contributed by atoms with E-state index in [-0.39, 0.29) is 0 Å². The number of aryl methyl sites for hydroxylation is 4. The fraction of sp³-hybridized carbons (Fsp3) is 0.429. The van der Waals surface area contributed by atoms with Crippen LogP contribution in [0.25, 0.3) is 0 Å². The fourth-order valence-electron chi connectivity index (χ4n) is 2.90. The van der Waals surface area contributed by atoms with E-state index in [1.54, 1.807) is 0 Å². The second-order valence-corrected chi connectivity index (χ2v) is 6.87. The van der Waals surface area contributed by atoms with E-state index in [1.165, 1.54) is 39.8 Å². The third kappa shape index (κ3) is 3.75. The minimum absolute atomic E-state index is 0.503. The molecule has 0 aliphatic heterocycles. The van der Waals surface area contributed by atoms with Crippen LogP contribution in [0.1, 0.15) is 59.6 Å². The SMILES string of the molecule is Cc1ccc(C(CC(C)C)c2ccc(C)c(C)c2)cc1C. The van der Waals surface area contributed by atoms with E-state index in [2.05, 4.69) is 77.9 Å². The van der Waals surface area contributed by atoms with Gasteiger partial charge in [-0.25, -0.2) is 0 Å². The zero-order valence-electron chi connectivity index (χ0n) is 14.3. The summed E-state index contributed by atoms with van der Waals surface area (Å²) < 4.78 is 0. The molecule has 0 saturated carbocycles. The van der Waals surface area contributed by atoms with E-state index < -0.39 is 0 Å². The second-order valence-electron chi connectivity index (χ2n) is 6.87. The van der Waals surface area contributed by atoms with Crippen molar-refractivity contribution in [2.75, 3.05) is 0 Å². The molecule has 0 bridgehead atoms. The Balaban J connectivity index is 2.46. The maximum atomic E-state index is 2.37. The highest BCUT2D eigenvalue weighted by Crippen LogP contribution is 2.33. The van der Waals surface area contributed by atoms with Gasteiger partial charge in [-0.05, 0) is 73.4 Å². The van der Waals surface area contributed by atoms with Gasteiger partial charge < -0.3 is 0 Å². The van der Waals surface area contributed by atoms with E-state index in [4.69, 9.17) is 0 Å². The molecule has 0 heteroatoms. The zero-order valence-corrected chi connectivity index (χ0v) is 14.3. The van der Waals surface area contributed by atoms with Crippen molar-refractivity contribution in [3.05, 3.63) is 69.8 Å². The molecule has 0 unspecified atom stereocenters. The average molecular weight is 280 g/mol. The van der Waals surface area contributed by atoms with Crippen LogP contribution < -0.4 is 0 Å². The molecule has 0 spiro atoms. The maximum Gasteiger partial charge on any atom is 0.00919 e. The summed E-state index contributed by atoms with van der Waals surface area (Å²) in [5, 5.41) is 0. The van der Waals surface area contributed by atoms with Crippen molar-refractivity contribution >= 4 is 0 Å². The molecule has 0 amide bonds. The molecule has 2 aromatic rings. The van der Waals surface area contributed by atoms with Crippen LogP contribution >= 0.6 is 0 Å². The second kappa shape index (κ2) is 6.47. The molecule has 0 aliphatic rings. The molecular weight excluding hydrogens is 252 g/mol. The highest BCUT2D eigenvalue weighted by molar-refractivity contribution is 5.40. The van der Waals surface area contributed by atoms with Crippen LogP contribution in [0.3, 0.4) is 0 Å². The first-order chi connectivity index (χ1) is 9.88. The van der Waals surface area contributed by atoms with Crippen molar-refractivity contribution in [1.82, 2.24) is 0 Å². The Hall–Kier alpha value is -1.56. The quantitative estimate of drug-likeness (QED) is 0.635. The lowest BCUT2D eigenvalue weighted by atomic mass is 9.83. The van der Waals surface area contributed by atoms with Gasteiger partial charge >= 0.3 is 0 Å². The summed E-state index contributed by atoms with van der Waals surface area (Å²) >= 11 is 0. The Morgan fingerprint density at radius 3 is 1.43 bits per heavy atom. The van der Waals surface area contributed by atoms with Crippen molar-refractivity contribution in [1.29, 1.82) is 0 Å². The van der Waals surface area contributed by atoms with Gasteiger partial charge in [-0.15, -0.1) is 0 Å². The standard InChI is InChI=1S/C21H28/c1-14(2)11-21(19-9-7-15(3)17(5)12-19)20-10-8-16(4)18(6)13-20/h7-10,12-14,21H,11H2,1-6H3. The summed E-state index contributed by atoms with van der Waals surface area (Å²) in [4.78, 5) is 0. The van der Waals surface area contributed by atoms with E-state index in [0.717, 1.165) is 0 Å². The minimum atomic E-state index is 0.503. The molecule has 21 heavy (non-hydrogen) atoms. The van der Waals surface area contributed by atoms with Crippen LogP contribution in [0.15, 0.2) is 36.4 Å². The summed E-state index contributed by atoms with van der Waals surface area (Å²) in [6, 6.07) is 13.9. The molecular formula is C21H28. The van der Waals surface area contributed by atoms with Gasteiger partial charge in [-0.3, -0.25) is 0 Å². The Kier molecular flexibility index (Phi) is 4.88. The molecule has 0 aromatic heterocycles. The molecule has 0 heterocycles. The van der Waals surface area contributed by atoms with Crippen LogP contribution in [-0.2, 0) is 0 Å². The molecule has 0 fully saturated rings. The van der Waals surface area contributed by atoms with Crippen molar-refractivity contribution in [3.63, 3.8) is 0 Å². The highest BCUT2D eigenvalue weighted by atomic mass is 14.2. The minimum Gasteiger partial charge on any atom is -0.0627 e. The zero-order chi connectivity index (χ0) is 15.6. The molecule has 2 aromatic carbocycles. The van der Waals surface area contributed by atoms with Gasteiger partial charge in [0.05, 0.1) is 0 Å². The number of hydrogen-bond acceptors (Lipinski definition) is 0. The van der Waals surface area contributed by atoms with Gasteiger partial charge in [0.25, 0.3) is 0 Å². The first kappa shape index (κ1) is 15.8. The van der Waals surface area contributed by atoms with E-state index >= 15 is 0 Å². The van der Waals surface area contributed by atoms with Crippen LogP contribution in [0.4, 0.5) is 0 Å². The van der Waals surface area contributed by atoms with Crippen molar-refractivity contribution in [2.45, 2.75) is 53.9 Å². The monoisotopic (exact) mass is 280 g/mol. The molecule has 0 nitrogen and oxygen atoms in total. The third-order valence-electron chi connectivity index (χ3n) is 4.57. The Morgan fingerprint density at radius 2 is 1.10 bits per heavy atom. The van der Waals surface area contributed by atoms with Crippen molar-refractivity contribution in [2.24, 2.45) is 5.92 Å². The van der Waals surface area contributed by atoms with Crippen LogP contribution in [0.2, 0.25) is 0 Å². The van der Waals surface area contributed by atoms with E-state index in [1.807, 2.05) is 0 Å². The summed E-state index contributed by atoms with van der Waals surface area (Å²) in [7, 11) is 0. The Morgan fingerprint density at radius 1 is 0.667 bits per heavy atom. The predicted molar refractivity (Wildman–Crippen MR) is 93.1 cm³/mol. The topological polar surface area (TPSA) is 0 Å². The summed E-state index contributed by atoms with van der Waals surface area (Å²) in [6.45, 7) is 13.4. The van der Waals surface area contributed by atoms with E-state index in [0.29, 0.717) is 11.8 Å². The van der Waals surface area contributed by atoms with Crippen molar-refractivity contribution in [3.8, 4) is 0 Å². The molecule has 0 saturated heterocycles. The fourth-order valence-corrected chi connectivity index (χ4v) is 2.90. The van der Waals surface area contributed by atoms with Gasteiger partial charge in [0.15, 0.2) is 0 Å².